The number of hydrogen-bond acceptors (Lipinski definition) is 4. The van der Waals surface area contributed by atoms with Crippen molar-refractivity contribution in [2.45, 2.75) is 25.9 Å². The van der Waals surface area contributed by atoms with E-state index in [4.69, 9.17) is 0 Å². The van der Waals surface area contributed by atoms with Crippen molar-refractivity contribution < 1.29 is 14.7 Å². The van der Waals surface area contributed by atoms with E-state index in [1.807, 2.05) is 43.6 Å². The van der Waals surface area contributed by atoms with Crippen LogP contribution in [0.2, 0.25) is 0 Å². The van der Waals surface area contributed by atoms with Gasteiger partial charge >= 0.3 is 12.0 Å². The Morgan fingerprint density at radius 3 is 2.85 bits per heavy atom. The second-order valence-electron chi connectivity index (χ2n) is 6.11. The summed E-state index contributed by atoms with van der Waals surface area (Å²) in [5.74, 6) is -0.349. The Bertz CT molecular complexity index is 762. The van der Waals surface area contributed by atoms with Crippen LogP contribution in [0.4, 0.5) is 4.79 Å². The van der Waals surface area contributed by atoms with Gasteiger partial charge in [0.05, 0.1) is 18.4 Å². The minimum Gasteiger partial charge on any atom is -0.480 e. The Morgan fingerprint density at radius 1 is 1.42 bits per heavy atom. The quantitative estimate of drug-likeness (QED) is 0.739. The second-order valence-corrected chi connectivity index (χ2v) is 7.10. The third-order valence-electron chi connectivity index (χ3n) is 3.88. The van der Waals surface area contributed by atoms with Crippen LogP contribution in [0.25, 0.3) is 5.69 Å². The summed E-state index contributed by atoms with van der Waals surface area (Å²) < 4.78 is 1.76. The zero-order valence-corrected chi connectivity index (χ0v) is 16.0. The highest BCUT2D eigenvalue weighted by atomic mass is 32.2. The van der Waals surface area contributed by atoms with Crippen LogP contribution >= 0.6 is 11.8 Å². The molecular formula is C18H24N4O3S. The molecule has 2 rings (SSSR count). The van der Waals surface area contributed by atoms with Crippen LogP contribution in [0.5, 0.6) is 0 Å². The summed E-state index contributed by atoms with van der Waals surface area (Å²) in [7, 11) is 1.63. The third-order valence-corrected chi connectivity index (χ3v) is 4.52. The first kappa shape index (κ1) is 19.8. The average molecular weight is 376 g/mol. The number of thioether (sulfide) groups is 1. The molecule has 1 aromatic carbocycles. The van der Waals surface area contributed by atoms with Gasteiger partial charge in [0, 0.05) is 18.8 Å². The van der Waals surface area contributed by atoms with Crippen LogP contribution in [0.15, 0.2) is 36.7 Å². The molecule has 1 heterocycles. The standard InChI is InChI=1S/C18H24N4O3S/c1-13-5-4-6-15(9-13)22-12-14(10-19-22)11-21(2)18(25)20-16(17(23)24)7-8-26-3/h4-6,9-10,12,16H,7-8,11H2,1-3H3,(H,20,25)(H,23,24). The van der Waals surface area contributed by atoms with Crippen LogP contribution in [0.3, 0.4) is 0 Å². The maximum atomic E-state index is 12.3. The molecule has 2 aromatic rings. The number of aryl methyl sites for hydroxylation is 1. The molecule has 0 aliphatic carbocycles. The normalized spacial score (nSPS) is 11.8. The van der Waals surface area contributed by atoms with E-state index >= 15 is 0 Å². The van der Waals surface area contributed by atoms with Crippen molar-refractivity contribution >= 4 is 23.8 Å². The third kappa shape index (κ3) is 5.52. The molecule has 0 aliphatic heterocycles. The Labute approximate surface area is 157 Å². The maximum absolute atomic E-state index is 12.3. The van der Waals surface area contributed by atoms with Crippen molar-refractivity contribution in [3.8, 4) is 5.69 Å². The molecule has 0 saturated carbocycles. The molecule has 26 heavy (non-hydrogen) atoms. The van der Waals surface area contributed by atoms with Gasteiger partial charge < -0.3 is 15.3 Å². The van der Waals surface area contributed by atoms with E-state index in [1.165, 1.54) is 4.90 Å². The summed E-state index contributed by atoms with van der Waals surface area (Å²) in [6.45, 7) is 2.36. The number of carbonyl (C=O) groups excluding carboxylic acids is 1. The van der Waals surface area contributed by atoms with Crippen molar-refractivity contribution in [2.75, 3.05) is 19.1 Å². The van der Waals surface area contributed by atoms with Crippen LogP contribution in [0, 0.1) is 6.92 Å². The predicted molar refractivity (Wildman–Crippen MR) is 103 cm³/mol. The van der Waals surface area contributed by atoms with E-state index in [-0.39, 0.29) is 0 Å². The van der Waals surface area contributed by atoms with Crippen molar-refractivity contribution in [1.29, 1.82) is 0 Å². The van der Waals surface area contributed by atoms with Crippen molar-refractivity contribution in [3.05, 3.63) is 47.8 Å². The molecule has 0 saturated heterocycles. The first-order valence-electron chi connectivity index (χ1n) is 8.24. The largest absolute Gasteiger partial charge is 0.480 e. The van der Waals surface area contributed by atoms with E-state index in [1.54, 1.807) is 29.7 Å². The number of carboxylic acid groups (broad SMARTS) is 1. The fourth-order valence-corrected chi connectivity index (χ4v) is 2.92. The number of rotatable bonds is 8. The fraction of sp³-hybridized carbons (Fsp3) is 0.389. The number of aromatic nitrogens is 2. The fourth-order valence-electron chi connectivity index (χ4n) is 2.45. The van der Waals surface area contributed by atoms with Crippen molar-refractivity contribution in [2.24, 2.45) is 0 Å². The number of benzene rings is 1. The minimum atomic E-state index is -1.02. The number of amides is 2. The molecule has 0 fully saturated rings. The number of nitrogens with zero attached hydrogens (tertiary/aromatic N) is 3. The summed E-state index contributed by atoms with van der Waals surface area (Å²) in [5, 5.41) is 16.1. The van der Waals surface area contributed by atoms with E-state index in [0.717, 1.165) is 16.8 Å². The first-order valence-corrected chi connectivity index (χ1v) is 9.64. The molecule has 0 aliphatic rings. The van der Waals surface area contributed by atoms with Crippen LogP contribution in [-0.4, -0.2) is 56.9 Å². The van der Waals surface area contributed by atoms with Gasteiger partial charge in [0.25, 0.3) is 0 Å². The summed E-state index contributed by atoms with van der Waals surface area (Å²) in [5.41, 5.74) is 2.95. The zero-order chi connectivity index (χ0) is 19.1. The smallest absolute Gasteiger partial charge is 0.326 e. The van der Waals surface area contributed by atoms with Gasteiger partial charge in [0.15, 0.2) is 0 Å². The van der Waals surface area contributed by atoms with Gasteiger partial charge in [-0.1, -0.05) is 12.1 Å². The molecule has 8 heteroatoms. The number of carbonyl (C=O) groups is 2. The number of carboxylic acids is 1. The highest BCUT2D eigenvalue weighted by molar-refractivity contribution is 7.98. The summed E-state index contributed by atoms with van der Waals surface area (Å²) >= 11 is 1.55. The van der Waals surface area contributed by atoms with Gasteiger partial charge in [-0.2, -0.15) is 16.9 Å². The van der Waals surface area contributed by atoms with E-state index in [2.05, 4.69) is 10.4 Å². The van der Waals surface area contributed by atoms with E-state index < -0.39 is 18.0 Å². The van der Waals surface area contributed by atoms with Crippen molar-refractivity contribution in [1.82, 2.24) is 20.0 Å². The Morgan fingerprint density at radius 2 is 2.19 bits per heavy atom. The van der Waals surface area contributed by atoms with Crippen LogP contribution in [-0.2, 0) is 11.3 Å². The average Bonchev–Trinajstić information content (AvgIpc) is 3.06. The van der Waals surface area contributed by atoms with Crippen LogP contribution < -0.4 is 5.32 Å². The Hall–Kier alpha value is -2.48. The lowest BCUT2D eigenvalue weighted by atomic mass is 10.2. The Balaban J connectivity index is 1.97. The molecule has 2 amide bonds. The molecule has 140 valence electrons. The molecule has 0 radical (unpaired) electrons. The zero-order valence-electron chi connectivity index (χ0n) is 15.2. The molecule has 0 bridgehead atoms. The first-order chi connectivity index (χ1) is 12.4. The molecule has 0 spiro atoms. The summed E-state index contributed by atoms with van der Waals surface area (Å²) in [4.78, 5) is 25.0. The molecule has 1 unspecified atom stereocenters. The number of aliphatic carboxylic acids is 1. The van der Waals surface area contributed by atoms with Gasteiger partial charge in [0.2, 0.25) is 0 Å². The molecule has 1 atom stereocenters. The SMILES string of the molecule is CSCCC(NC(=O)N(C)Cc1cnn(-c2cccc(C)c2)c1)C(=O)O. The molecule has 2 N–H and O–H groups in total. The van der Waals surface area contributed by atoms with Gasteiger partial charge in [0.1, 0.15) is 6.04 Å². The summed E-state index contributed by atoms with van der Waals surface area (Å²) in [6, 6.07) is 6.67. The maximum Gasteiger partial charge on any atom is 0.326 e. The number of nitrogens with one attached hydrogen (secondary N) is 1. The van der Waals surface area contributed by atoms with Crippen molar-refractivity contribution in [3.63, 3.8) is 0 Å². The molecular weight excluding hydrogens is 352 g/mol. The lowest BCUT2D eigenvalue weighted by Gasteiger charge is -2.20. The minimum absolute atomic E-state index is 0.340. The topological polar surface area (TPSA) is 87.5 Å². The molecule has 1 aromatic heterocycles. The number of hydrogen-bond donors (Lipinski definition) is 2. The second kappa shape index (κ2) is 9.28. The predicted octanol–water partition coefficient (Wildman–Crippen LogP) is 2.53. The van der Waals surface area contributed by atoms with Gasteiger partial charge in [-0.25, -0.2) is 14.3 Å². The lowest BCUT2D eigenvalue weighted by molar-refractivity contribution is -0.139. The van der Waals surface area contributed by atoms with Gasteiger partial charge in [-0.05, 0) is 43.0 Å². The number of urea groups is 1. The summed E-state index contributed by atoms with van der Waals surface area (Å²) in [6.07, 6.45) is 5.86. The Kier molecular flexibility index (Phi) is 7.08. The van der Waals surface area contributed by atoms with Gasteiger partial charge in [-0.15, -0.1) is 0 Å². The highest BCUT2D eigenvalue weighted by Gasteiger charge is 2.21. The van der Waals surface area contributed by atoms with E-state index in [0.29, 0.717) is 18.7 Å². The highest BCUT2D eigenvalue weighted by Crippen LogP contribution is 2.11. The monoisotopic (exact) mass is 376 g/mol. The van der Waals surface area contributed by atoms with Gasteiger partial charge in [-0.3, -0.25) is 0 Å². The van der Waals surface area contributed by atoms with Crippen LogP contribution in [0.1, 0.15) is 17.5 Å². The molecule has 7 nitrogen and oxygen atoms in total. The lowest BCUT2D eigenvalue weighted by Crippen LogP contribution is -2.46. The van der Waals surface area contributed by atoms with E-state index in [9.17, 15) is 14.7 Å².